The highest BCUT2D eigenvalue weighted by Gasteiger charge is 2.33. The number of nitrogens with zero attached hydrogens (tertiary/aromatic N) is 3. The maximum absolute atomic E-state index is 16.3. The molecule has 0 amide bonds. The predicted molar refractivity (Wildman–Crippen MR) is 299 cm³/mol. The molecule has 0 radical (unpaired) electrons. The average Bonchev–Trinajstić information content (AvgIpc) is 2.68. The van der Waals surface area contributed by atoms with E-state index in [2.05, 4.69) is 0 Å². The number of halogens is 6. The molecule has 0 N–H and O–H groups in total. The van der Waals surface area contributed by atoms with Crippen LogP contribution in [0.2, 0.25) is 0 Å². The molecule has 0 saturated heterocycles. The van der Waals surface area contributed by atoms with Gasteiger partial charge in [-0.05, 0) is 72.4 Å². The molecule has 3 aromatic heterocycles. The number of aromatic nitrogens is 3. The third kappa shape index (κ3) is 11.9. The van der Waals surface area contributed by atoms with E-state index in [1.807, 2.05) is 0 Å². The van der Waals surface area contributed by atoms with Gasteiger partial charge in [-0.3, -0.25) is 28.0 Å². The van der Waals surface area contributed by atoms with Gasteiger partial charge >= 0.3 is 7.82 Å². The van der Waals surface area contributed by atoms with Crippen LogP contribution >= 0.6 is 7.82 Å². The van der Waals surface area contributed by atoms with Crippen molar-refractivity contribution >= 4 is 40.5 Å². The van der Waals surface area contributed by atoms with E-state index in [1.165, 1.54) is 113 Å². The van der Waals surface area contributed by atoms with Crippen LogP contribution in [-0.2, 0) is 38.3 Å². The van der Waals surface area contributed by atoms with Crippen molar-refractivity contribution in [2.75, 3.05) is 41.2 Å². The standard InChI is InChI=1S/C60H54F6N3O13P/c1-7-22-77-46-25-43(61)52(64)49-55(46)67(28-40(58(49)70)34-10-16-37(74-4)17-11-34)31-80-83(73,81-32-68-29-41(35-12-18-38(75-5)19-13-35)59(71)50-53(65)44(62)26-47(56(50)68)78-23-8-2)82-33-69-30-42(36-14-20-39(76-6)21-15-36)60(72)51-54(66)45(63)27-48(57(51)69)79-24-9-3/h10-21,25-30H,7-9,22-24,31-33H2,1-6H3. The molecule has 434 valence electrons. The molecular weight excluding hydrogens is 1120 g/mol. The van der Waals surface area contributed by atoms with E-state index in [1.54, 1.807) is 20.8 Å². The molecule has 23 heteroatoms. The molecule has 6 aromatic carbocycles. The number of fused-ring (bicyclic) bond motifs is 3. The highest BCUT2D eigenvalue weighted by Crippen LogP contribution is 2.52. The molecule has 3 heterocycles. The number of pyridine rings is 3. The van der Waals surface area contributed by atoms with Gasteiger partial charge in [0.05, 0.1) is 73.9 Å². The van der Waals surface area contributed by atoms with Crippen LogP contribution < -0.4 is 44.7 Å². The number of hydrogen-bond acceptors (Lipinski definition) is 13. The van der Waals surface area contributed by atoms with E-state index in [9.17, 15) is 14.4 Å². The first-order valence-corrected chi connectivity index (χ1v) is 27.4. The van der Waals surface area contributed by atoms with Crippen LogP contribution in [-0.4, -0.2) is 54.9 Å². The van der Waals surface area contributed by atoms with Gasteiger partial charge in [0.15, 0.2) is 51.2 Å². The Kier molecular flexibility index (Phi) is 18.0. The van der Waals surface area contributed by atoms with Crippen molar-refractivity contribution in [3.63, 3.8) is 0 Å². The fourth-order valence-corrected chi connectivity index (χ4v) is 10.2. The summed E-state index contributed by atoms with van der Waals surface area (Å²) in [4.78, 5) is 43.1. The normalized spacial score (nSPS) is 11.7. The Bertz CT molecular complexity index is 3720. The summed E-state index contributed by atoms with van der Waals surface area (Å²) >= 11 is 0. The Morgan fingerprint density at radius 1 is 0.410 bits per heavy atom. The average molecular weight is 1170 g/mol. The van der Waals surface area contributed by atoms with Crippen LogP contribution in [0, 0.1) is 34.9 Å². The molecule has 0 atom stereocenters. The molecule has 9 rings (SSSR count). The zero-order valence-corrected chi connectivity index (χ0v) is 46.5. The van der Waals surface area contributed by atoms with Crippen molar-refractivity contribution in [2.24, 2.45) is 0 Å². The number of benzene rings is 6. The molecule has 9 aromatic rings. The second-order valence-electron chi connectivity index (χ2n) is 18.7. The molecule has 0 aliphatic rings. The lowest BCUT2D eigenvalue weighted by Gasteiger charge is -2.24. The summed E-state index contributed by atoms with van der Waals surface area (Å²) in [6.07, 6.45) is 4.77. The van der Waals surface area contributed by atoms with E-state index < -0.39 is 95.4 Å². The third-order valence-corrected chi connectivity index (χ3v) is 14.6. The maximum atomic E-state index is 16.3. The lowest BCUT2D eigenvalue weighted by Crippen LogP contribution is -2.19. The zero-order chi connectivity index (χ0) is 59.3. The minimum Gasteiger partial charge on any atom is -0.497 e. The van der Waals surface area contributed by atoms with E-state index in [-0.39, 0.29) is 87.0 Å². The summed E-state index contributed by atoms with van der Waals surface area (Å²) in [7, 11) is -1.17. The first-order valence-electron chi connectivity index (χ1n) is 26.0. The van der Waals surface area contributed by atoms with Crippen LogP contribution in [0.1, 0.15) is 40.0 Å². The fourth-order valence-electron chi connectivity index (χ4n) is 9.21. The van der Waals surface area contributed by atoms with Gasteiger partial charge in [0.2, 0.25) is 0 Å². The van der Waals surface area contributed by atoms with Gasteiger partial charge in [-0.25, -0.2) is 30.9 Å². The Labute approximate surface area is 470 Å². The van der Waals surface area contributed by atoms with Crippen molar-refractivity contribution in [1.82, 2.24) is 13.7 Å². The number of methoxy groups -OCH3 is 3. The predicted octanol–water partition coefficient (Wildman–Crippen LogP) is 13.3. The maximum Gasteiger partial charge on any atom is 0.480 e. The van der Waals surface area contributed by atoms with E-state index in [4.69, 9.17) is 42.0 Å². The van der Waals surface area contributed by atoms with Gasteiger partial charge in [-0.15, -0.1) is 0 Å². The quantitative estimate of drug-likeness (QED) is 0.0415. The van der Waals surface area contributed by atoms with Crippen molar-refractivity contribution in [2.45, 2.75) is 60.2 Å². The van der Waals surface area contributed by atoms with Gasteiger partial charge in [-0.1, -0.05) is 57.2 Å². The third-order valence-electron chi connectivity index (χ3n) is 13.3. The smallest absolute Gasteiger partial charge is 0.480 e. The summed E-state index contributed by atoms with van der Waals surface area (Å²) in [5.74, 6) is -8.74. The summed E-state index contributed by atoms with van der Waals surface area (Å²) in [5.41, 5.74) is -4.00. The molecule has 16 nitrogen and oxygen atoms in total. The second-order valence-corrected chi connectivity index (χ2v) is 20.3. The van der Waals surface area contributed by atoms with Crippen LogP contribution in [0.3, 0.4) is 0 Å². The van der Waals surface area contributed by atoms with Crippen molar-refractivity contribution < 1.29 is 72.9 Å². The summed E-state index contributed by atoms with van der Waals surface area (Å²) in [6, 6.07) is 20.2. The molecule has 0 fully saturated rings. The minimum absolute atomic E-state index is 0.0409. The largest absolute Gasteiger partial charge is 0.497 e. The van der Waals surface area contributed by atoms with Gasteiger partial charge in [0.25, 0.3) is 0 Å². The molecule has 0 spiro atoms. The van der Waals surface area contributed by atoms with Gasteiger partial charge in [0, 0.05) is 53.5 Å². The lowest BCUT2D eigenvalue weighted by molar-refractivity contribution is 0.0560. The molecule has 83 heavy (non-hydrogen) atoms. The summed E-state index contributed by atoms with van der Waals surface area (Å²) in [5, 5.41) is -2.36. The van der Waals surface area contributed by atoms with Crippen molar-refractivity contribution in [3.8, 4) is 67.9 Å². The van der Waals surface area contributed by atoms with E-state index >= 15 is 30.9 Å². The summed E-state index contributed by atoms with van der Waals surface area (Å²) < 4.78 is 167. The molecule has 0 unspecified atom stereocenters. The molecule has 0 aliphatic carbocycles. The molecule has 0 bridgehead atoms. The SMILES string of the molecule is CCCOc1cc(F)c(F)c2c(=O)c(-c3ccc(OC)cc3)cn(COP(=O)(OCn3cc(-c4ccc(OC)cc4)c(=O)c4c(F)c(F)cc(OCCC)c43)OCn3cc(-c4ccc(OC)cc4)c(=O)c4c(F)c(F)cc(OCCC)c43)c12. The van der Waals surface area contributed by atoms with Gasteiger partial charge in [0.1, 0.15) is 54.7 Å². The Morgan fingerprint density at radius 2 is 0.663 bits per heavy atom. The molecule has 0 aliphatic heterocycles. The molecular formula is C60H54F6N3O13P. The number of phosphoric acid groups is 1. The topological polar surface area (TPSA) is 166 Å². The van der Waals surface area contributed by atoms with Gasteiger partial charge in [-0.2, -0.15) is 0 Å². The Balaban J connectivity index is 1.26. The van der Waals surface area contributed by atoms with Crippen molar-refractivity contribution in [1.29, 1.82) is 0 Å². The van der Waals surface area contributed by atoms with E-state index in [0.29, 0.717) is 36.5 Å². The first kappa shape index (κ1) is 59.1. The lowest BCUT2D eigenvalue weighted by atomic mass is 10.0. The Morgan fingerprint density at radius 3 is 0.892 bits per heavy atom. The Hall–Kier alpha value is -8.56. The number of ether oxygens (including phenoxy) is 6. The van der Waals surface area contributed by atoms with Crippen LogP contribution in [0.15, 0.2) is 124 Å². The highest BCUT2D eigenvalue weighted by molar-refractivity contribution is 7.48. The second kappa shape index (κ2) is 25.3. The first-order chi connectivity index (χ1) is 40.0. The number of hydrogen-bond donors (Lipinski definition) is 0. The number of rotatable bonds is 24. The van der Waals surface area contributed by atoms with Gasteiger partial charge < -0.3 is 42.1 Å². The molecule has 0 saturated carbocycles. The van der Waals surface area contributed by atoms with Crippen LogP contribution in [0.5, 0.6) is 34.5 Å². The monoisotopic (exact) mass is 1170 g/mol. The summed E-state index contributed by atoms with van der Waals surface area (Å²) in [6.45, 7) is 2.13. The van der Waals surface area contributed by atoms with Crippen LogP contribution in [0.4, 0.5) is 26.3 Å². The minimum atomic E-state index is -5.42. The zero-order valence-electron chi connectivity index (χ0n) is 45.6. The number of phosphoric ester groups is 1. The van der Waals surface area contributed by atoms with Crippen LogP contribution in [0.25, 0.3) is 66.1 Å². The van der Waals surface area contributed by atoms with E-state index in [0.717, 1.165) is 31.9 Å². The highest BCUT2D eigenvalue weighted by atomic mass is 31.2. The van der Waals surface area contributed by atoms with Crippen molar-refractivity contribution in [3.05, 3.63) is 175 Å². The fraction of sp³-hybridized carbons (Fsp3) is 0.250.